The minimum Gasteiger partial charge on any atom is -0.344 e. The Morgan fingerprint density at radius 3 is 2.76 bits per heavy atom. The molecule has 1 amide bonds. The molecule has 0 bridgehead atoms. The third-order valence-corrected chi connectivity index (χ3v) is 5.07. The molecule has 1 unspecified atom stereocenters. The van der Waals surface area contributed by atoms with Crippen LogP contribution < -0.4 is 5.32 Å². The van der Waals surface area contributed by atoms with Crippen LogP contribution in [0.3, 0.4) is 0 Å². The first-order valence-electron chi connectivity index (χ1n) is 7.19. The van der Waals surface area contributed by atoms with Crippen LogP contribution in [0.4, 0.5) is 0 Å². The van der Waals surface area contributed by atoms with Gasteiger partial charge in [0.25, 0.3) is 5.91 Å². The van der Waals surface area contributed by atoms with Crippen molar-refractivity contribution in [3.8, 4) is 0 Å². The highest BCUT2D eigenvalue weighted by atomic mass is 35.5. The Balaban J connectivity index is 1.70. The zero-order chi connectivity index (χ0) is 14.8. The Bertz CT molecular complexity index is 634. The Morgan fingerprint density at radius 2 is 2.14 bits per heavy atom. The van der Waals surface area contributed by atoms with Crippen molar-refractivity contribution in [3.05, 3.63) is 50.9 Å². The third kappa shape index (κ3) is 3.44. The number of hydrogen-bond donors (Lipinski definition) is 1. The van der Waals surface area contributed by atoms with Crippen molar-refractivity contribution < 1.29 is 4.79 Å². The Labute approximate surface area is 133 Å². The van der Waals surface area contributed by atoms with Crippen LogP contribution in [0.5, 0.6) is 0 Å². The highest BCUT2D eigenvalue weighted by Gasteiger charge is 2.27. The molecule has 110 valence electrons. The van der Waals surface area contributed by atoms with Gasteiger partial charge in [-0.3, -0.25) is 4.79 Å². The summed E-state index contributed by atoms with van der Waals surface area (Å²) in [6, 6.07) is 7.62. The highest BCUT2D eigenvalue weighted by molar-refractivity contribution is 7.13. The summed E-state index contributed by atoms with van der Waals surface area (Å²) in [5.41, 5.74) is 1.07. The average molecular weight is 321 g/mol. The first-order valence-corrected chi connectivity index (χ1v) is 8.39. The maximum absolute atomic E-state index is 12.3. The maximum Gasteiger partial charge on any atom is 0.263 e. The lowest BCUT2D eigenvalue weighted by molar-refractivity contribution is 0.0939. The lowest BCUT2D eigenvalue weighted by Crippen LogP contribution is -2.27. The van der Waals surface area contributed by atoms with Crippen molar-refractivity contribution in [3.63, 3.8) is 0 Å². The van der Waals surface area contributed by atoms with Crippen LogP contribution in [0.25, 0.3) is 0 Å². The molecule has 1 fully saturated rings. The molecule has 1 aromatic carbocycles. The molecular weight excluding hydrogens is 304 g/mol. The largest absolute Gasteiger partial charge is 0.344 e. The molecule has 3 nitrogen and oxygen atoms in total. The standard InChI is InChI=1S/C16H17ClN2OS/c1-2-13(10-5-7-12(17)8-6-10)19-15(20)14-9-18-16(21-14)11-3-4-11/h5-9,11,13H,2-4H2,1H3,(H,19,20). The van der Waals surface area contributed by atoms with Gasteiger partial charge >= 0.3 is 0 Å². The molecule has 21 heavy (non-hydrogen) atoms. The van der Waals surface area contributed by atoms with Gasteiger partial charge in [0.05, 0.1) is 17.2 Å². The Kier molecular flexibility index (Phi) is 4.27. The number of carbonyl (C=O) groups excluding carboxylic acids is 1. The smallest absolute Gasteiger partial charge is 0.263 e. The SMILES string of the molecule is CCC(NC(=O)c1cnc(C2CC2)s1)c1ccc(Cl)cc1. The van der Waals surface area contributed by atoms with E-state index in [4.69, 9.17) is 11.6 Å². The molecule has 1 N–H and O–H groups in total. The van der Waals surface area contributed by atoms with E-state index in [0.29, 0.717) is 15.8 Å². The van der Waals surface area contributed by atoms with E-state index in [9.17, 15) is 4.79 Å². The predicted octanol–water partition coefficient (Wildman–Crippen LogP) is 4.56. The Hall–Kier alpha value is -1.39. The fourth-order valence-electron chi connectivity index (χ4n) is 2.26. The van der Waals surface area contributed by atoms with Gasteiger partial charge in [0.2, 0.25) is 0 Å². The molecule has 1 heterocycles. The van der Waals surface area contributed by atoms with Gasteiger partial charge in [-0.25, -0.2) is 4.98 Å². The lowest BCUT2D eigenvalue weighted by Gasteiger charge is -2.16. The summed E-state index contributed by atoms with van der Waals surface area (Å²) in [5, 5.41) is 4.88. The highest BCUT2D eigenvalue weighted by Crippen LogP contribution is 2.41. The van der Waals surface area contributed by atoms with Gasteiger partial charge in [-0.15, -0.1) is 11.3 Å². The summed E-state index contributed by atoms with van der Waals surface area (Å²) in [7, 11) is 0. The number of thiazole rings is 1. The van der Waals surface area contributed by atoms with Gasteiger partial charge in [0.15, 0.2) is 0 Å². The van der Waals surface area contributed by atoms with E-state index >= 15 is 0 Å². The third-order valence-electron chi connectivity index (χ3n) is 3.66. The molecule has 1 saturated carbocycles. The molecule has 1 atom stereocenters. The van der Waals surface area contributed by atoms with E-state index in [1.165, 1.54) is 24.2 Å². The quantitative estimate of drug-likeness (QED) is 0.877. The molecule has 3 rings (SSSR count). The second-order valence-electron chi connectivity index (χ2n) is 5.32. The van der Waals surface area contributed by atoms with Crippen LogP contribution in [-0.4, -0.2) is 10.9 Å². The molecule has 5 heteroatoms. The molecule has 0 saturated heterocycles. The minimum absolute atomic E-state index is 0.00115. The van der Waals surface area contributed by atoms with Gasteiger partial charge in [0, 0.05) is 10.9 Å². The zero-order valence-electron chi connectivity index (χ0n) is 11.8. The normalized spacial score (nSPS) is 15.7. The molecule has 0 aliphatic heterocycles. The molecular formula is C16H17ClN2OS. The summed E-state index contributed by atoms with van der Waals surface area (Å²) in [5.74, 6) is 0.552. The number of nitrogens with zero attached hydrogens (tertiary/aromatic N) is 1. The van der Waals surface area contributed by atoms with E-state index in [2.05, 4.69) is 17.2 Å². The van der Waals surface area contributed by atoms with Crippen molar-refractivity contribution >= 4 is 28.8 Å². The second kappa shape index (κ2) is 6.16. The molecule has 1 aromatic heterocycles. The number of aromatic nitrogens is 1. The number of rotatable bonds is 5. The van der Waals surface area contributed by atoms with Crippen LogP contribution in [-0.2, 0) is 0 Å². The summed E-state index contributed by atoms with van der Waals surface area (Å²) in [4.78, 5) is 17.4. The van der Waals surface area contributed by atoms with Crippen LogP contribution in [0.2, 0.25) is 5.02 Å². The number of halogens is 1. The number of amides is 1. The maximum atomic E-state index is 12.3. The summed E-state index contributed by atoms with van der Waals surface area (Å²) in [6.45, 7) is 2.06. The number of nitrogens with one attached hydrogen (secondary N) is 1. The monoisotopic (exact) mass is 320 g/mol. The van der Waals surface area contributed by atoms with Gasteiger partial charge in [-0.2, -0.15) is 0 Å². The van der Waals surface area contributed by atoms with Crippen molar-refractivity contribution in [1.82, 2.24) is 10.3 Å². The van der Waals surface area contributed by atoms with Crippen LogP contribution in [0, 0.1) is 0 Å². The molecule has 1 aliphatic carbocycles. The van der Waals surface area contributed by atoms with Gasteiger partial charge < -0.3 is 5.32 Å². The fraction of sp³-hybridized carbons (Fsp3) is 0.375. The van der Waals surface area contributed by atoms with Crippen molar-refractivity contribution in [2.24, 2.45) is 0 Å². The number of hydrogen-bond acceptors (Lipinski definition) is 3. The van der Waals surface area contributed by atoms with Crippen molar-refractivity contribution in [2.45, 2.75) is 38.1 Å². The number of carbonyl (C=O) groups is 1. The van der Waals surface area contributed by atoms with E-state index in [1.54, 1.807) is 6.20 Å². The fourth-order valence-corrected chi connectivity index (χ4v) is 3.37. The first-order chi connectivity index (χ1) is 10.2. The van der Waals surface area contributed by atoms with Crippen LogP contribution in [0.1, 0.15) is 58.4 Å². The van der Waals surface area contributed by atoms with Gasteiger partial charge in [0.1, 0.15) is 4.88 Å². The van der Waals surface area contributed by atoms with Crippen LogP contribution >= 0.6 is 22.9 Å². The number of benzene rings is 1. The lowest BCUT2D eigenvalue weighted by atomic mass is 10.0. The summed E-state index contributed by atoms with van der Waals surface area (Å²) < 4.78 is 0. The minimum atomic E-state index is -0.0406. The van der Waals surface area contributed by atoms with E-state index in [-0.39, 0.29) is 11.9 Å². The Morgan fingerprint density at radius 1 is 1.43 bits per heavy atom. The molecule has 0 spiro atoms. The summed E-state index contributed by atoms with van der Waals surface area (Å²) >= 11 is 7.42. The van der Waals surface area contributed by atoms with Gasteiger partial charge in [-0.05, 0) is 37.0 Å². The van der Waals surface area contributed by atoms with E-state index in [1.807, 2.05) is 24.3 Å². The zero-order valence-corrected chi connectivity index (χ0v) is 13.4. The van der Waals surface area contributed by atoms with E-state index < -0.39 is 0 Å². The predicted molar refractivity (Wildman–Crippen MR) is 86.0 cm³/mol. The second-order valence-corrected chi connectivity index (χ2v) is 6.82. The first kappa shape index (κ1) is 14.5. The van der Waals surface area contributed by atoms with Crippen LogP contribution in [0.15, 0.2) is 30.5 Å². The van der Waals surface area contributed by atoms with Gasteiger partial charge in [-0.1, -0.05) is 30.7 Å². The molecule has 1 aliphatic rings. The molecule has 0 radical (unpaired) electrons. The topological polar surface area (TPSA) is 42.0 Å². The van der Waals surface area contributed by atoms with Crippen molar-refractivity contribution in [2.75, 3.05) is 0 Å². The average Bonchev–Trinajstić information content (AvgIpc) is 3.23. The van der Waals surface area contributed by atoms with E-state index in [0.717, 1.165) is 17.0 Å². The molecule has 2 aromatic rings. The summed E-state index contributed by atoms with van der Waals surface area (Å²) in [6.07, 6.45) is 4.94. The van der Waals surface area contributed by atoms with Crippen molar-refractivity contribution in [1.29, 1.82) is 0 Å².